The zero-order valence-electron chi connectivity index (χ0n) is 12.8. The minimum absolute atomic E-state index is 0.0421. The number of nitro groups is 1. The predicted octanol–water partition coefficient (Wildman–Crippen LogP) is 1.42. The molecule has 1 atom stereocenters. The van der Waals surface area contributed by atoms with Gasteiger partial charge in [-0.15, -0.1) is 0 Å². The number of carbonyl (C=O) groups excluding carboxylic acids is 1. The maximum Gasteiger partial charge on any atom is 0.287 e. The number of benzene rings is 1. The summed E-state index contributed by atoms with van der Waals surface area (Å²) < 4.78 is 1.62. The highest BCUT2D eigenvalue weighted by Crippen LogP contribution is 2.26. The van der Waals surface area contributed by atoms with Crippen LogP contribution in [0.5, 0.6) is 0 Å². The highest BCUT2D eigenvalue weighted by atomic mass is 16.6. The molecule has 1 saturated heterocycles. The van der Waals surface area contributed by atoms with Gasteiger partial charge in [-0.1, -0.05) is 0 Å². The molecule has 1 aliphatic rings. The van der Waals surface area contributed by atoms with Crippen LogP contribution in [-0.4, -0.2) is 33.2 Å². The Morgan fingerprint density at radius 2 is 2.29 bits per heavy atom. The number of hydrogen-bond donors (Lipinski definition) is 1. The average Bonchev–Trinajstić information content (AvgIpc) is 3.13. The molecule has 9 heteroatoms. The Hall–Kier alpha value is -3.41. The lowest BCUT2D eigenvalue weighted by Gasteiger charge is -2.16. The largest absolute Gasteiger partial charge is 0.374 e. The minimum Gasteiger partial charge on any atom is -0.374 e. The van der Waals surface area contributed by atoms with E-state index in [-0.39, 0.29) is 17.2 Å². The number of carbonyl (C=O) groups is 1. The van der Waals surface area contributed by atoms with Crippen molar-refractivity contribution in [2.45, 2.75) is 12.5 Å². The van der Waals surface area contributed by atoms with E-state index in [9.17, 15) is 14.9 Å². The summed E-state index contributed by atoms with van der Waals surface area (Å²) in [5, 5.41) is 27.0. The summed E-state index contributed by atoms with van der Waals surface area (Å²) in [6.45, 7) is 0.556. The van der Waals surface area contributed by atoms with Crippen LogP contribution < -0.4 is 10.2 Å². The molecule has 1 aromatic carbocycles. The van der Waals surface area contributed by atoms with Gasteiger partial charge in [-0.2, -0.15) is 10.4 Å². The maximum absolute atomic E-state index is 12.5. The fourth-order valence-corrected chi connectivity index (χ4v) is 2.69. The molecule has 0 bridgehead atoms. The molecule has 0 spiro atoms. The standard InChI is InChI=1S/C15H14N6O3/c1-19-9-12(8-17-19)20-5-4-13(15(20)22)18-11-2-3-14(21(23)24)10(6-11)7-16/h2-3,6,8-9,13,18H,4-5H2,1H3/t13-/m0/s1. The van der Waals surface area contributed by atoms with E-state index in [0.29, 0.717) is 18.7 Å². The molecule has 0 saturated carbocycles. The molecule has 0 radical (unpaired) electrons. The van der Waals surface area contributed by atoms with Crippen molar-refractivity contribution >= 4 is 23.0 Å². The summed E-state index contributed by atoms with van der Waals surface area (Å²) in [7, 11) is 1.78. The van der Waals surface area contributed by atoms with Gasteiger partial charge in [0.25, 0.3) is 5.69 Å². The molecule has 3 rings (SSSR count). The van der Waals surface area contributed by atoms with Gasteiger partial charge in [-0.25, -0.2) is 0 Å². The van der Waals surface area contributed by atoms with E-state index >= 15 is 0 Å². The number of anilines is 2. The number of amides is 1. The second-order valence-corrected chi connectivity index (χ2v) is 5.45. The Kier molecular flexibility index (Phi) is 3.87. The van der Waals surface area contributed by atoms with E-state index in [1.54, 1.807) is 35.1 Å². The summed E-state index contributed by atoms with van der Waals surface area (Å²) in [5.41, 5.74) is 0.939. The molecule has 122 valence electrons. The zero-order chi connectivity index (χ0) is 17.3. The number of aromatic nitrogens is 2. The SMILES string of the molecule is Cn1cc(N2CC[C@H](Nc3ccc([N+](=O)[O-])c(C#N)c3)C2=O)cn1. The molecule has 2 aromatic rings. The number of nitrogens with zero attached hydrogens (tertiary/aromatic N) is 5. The second-order valence-electron chi connectivity index (χ2n) is 5.45. The van der Waals surface area contributed by atoms with Gasteiger partial charge in [0.15, 0.2) is 0 Å². The molecule has 1 fully saturated rings. The van der Waals surface area contributed by atoms with Gasteiger partial charge >= 0.3 is 0 Å². The fraction of sp³-hybridized carbons (Fsp3) is 0.267. The van der Waals surface area contributed by atoms with Gasteiger partial charge in [-0.3, -0.25) is 19.6 Å². The first kappa shape index (κ1) is 15.5. The summed E-state index contributed by atoms with van der Waals surface area (Å²) in [6.07, 6.45) is 3.98. The molecule has 1 aromatic heterocycles. The van der Waals surface area contributed by atoms with Crippen LogP contribution in [0.4, 0.5) is 17.1 Å². The zero-order valence-corrected chi connectivity index (χ0v) is 12.8. The number of nitriles is 1. The third-order valence-corrected chi connectivity index (χ3v) is 3.86. The molecule has 2 heterocycles. The normalized spacial score (nSPS) is 16.9. The van der Waals surface area contributed by atoms with E-state index in [2.05, 4.69) is 10.4 Å². The topological polar surface area (TPSA) is 117 Å². The van der Waals surface area contributed by atoms with Crippen LogP contribution in [0, 0.1) is 21.4 Å². The Labute approximate surface area is 137 Å². The van der Waals surface area contributed by atoms with Crippen LogP contribution in [0.25, 0.3) is 0 Å². The van der Waals surface area contributed by atoms with Crippen LogP contribution in [0.1, 0.15) is 12.0 Å². The Balaban J connectivity index is 1.76. The third-order valence-electron chi connectivity index (χ3n) is 3.86. The van der Waals surface area contributed by atoms with E-state index in [4.69, 9.17) is 5.26 Å². The number of rotatable bonds is 4. The first-order chi connectivity index (χ1) is 11.5. The predicted molar refractivity (Wildman–Crippen MR) is 85.4 cm³/mol. The lowest BCUT2D eigenvalue weighted by Crippen LogP contribution is -2.33. The van der Waals surface area contributed by atoms with Crippen molar-refractivity contribution in [3.63, 3.8) is 0 Å². The molecule has 1 N–H and O–H groups in total. The molecule has 9 nitrogen and oxygen atoms in total. The molecule has 0 aliphatic carbocycles. The van der Waals surface area contributed by atoms with E-state index in [0.717, 1.165) is 5.69 Å². The van der Waals surface area contributed by atoms with E-state index < -0.39 is 11.0 Å². The van der Waals surface area contributed by atoms with Crippen LogP contribution in [-0.2, 0) is 11.8 Å². The monoisotopic (exact) mass is 326 g/mol. The van der Waals surface area contributed by atoms with Gasteiger partial charge in [0.2, 0.25) is 5.91 Å². The number of nitro benzene ring substituents is 1. The van der Waals surface area contributed by atoms with Crippen LogP contribution in [0.15, 0.2) is 30.6 Å². The minimum atomic E-state index is -0.604. The number of aryl methyl sites for hydroxylation is 1. The smallest absolute Gasteiger partial charge is 0.287 e. The maximum atomic E-state index is 12.5. The molecule has 0 unspecified atom stereocenters. The first-order valence-corrected chi connectivity index (χ1v) is 7.24. The van der Waals surface area contributed by atoms with Crippen LogP contribution in [0.2, 0.25) is 0 Å². The van der Waals surface area contributed by atoms with Crippen molar-refractivity contribution in [1.82, 2.24) is 9.78 Å². The quantitative estimate of drug-likeness (QED) is 0.670. The molecule has 1 amide bonds. The van der Waals surface area contributed by atoms with Crippen molar-refractivity contribution in [2.75, 3.05) is 16.8 Å². The fourth-order valence-electron chi connectivity index (χ4n) is 2.69. The van der Waals surface area contributed by atoms with Gasteiger partial charge < -0.3 is 10.2 Å². The van der Waals surface area contributed by atoms with Crippen molar-refractivity contribution in [3.8, 4) is 6.07 Å². The second kappa shape index (κ2) is 6.00. The highest BCUT2D eigenvalue weighted by Gasteiger charge is 2.33. The Morgan fingerprint density at radius 1 is 1.50 bits per heavy atom. The summed E-state index contributed by atoms with van der Waals surface area (Å²) in [4.78, 5) is 24.4. The van der Waals surface area contributed by atoms with Crippen LogP contribution in [0.3, 0.4) is 0 Å². The third kappa shape index (κ3) is 2.77. The summed E-state index contributed by atoms with van der Waals surface area (Å²) in [6, 6.07) is 5.51. The van der Waals surface area contributed by atoms with Gasteiger partial charge in [0, 0.05) is 31.5 Å². The average molecular weight is 326 g/mol. The van der Waals surface area contributed by atoms with Crippen molar-refractivity contribution in [1.29, 1.82) is 5.26 Å². The van der Waals surface area contributed by atoms with Crippen molar-refractivity contribution < 1.29 is 9.72 Å². The lowest BCUT2D eigenvalue weighted by atomic mass is 10.1. The summed E-state index contributed by atoms with van der Waals surface area (Å²) in [5.74, 6) is -0.0974. The van der Waals surface area contributed by atoms with Gasteiger partial charge in [0.1, 0.15) is 17.7 Å². The number of hydrogen-bond acceptors (Lipinski definition) is 6. The molecule has 1 aliphatic heterocycles. The number of nitrogens with one attached hydrogen (secondary N) is 1. The van der Waals surface area contributed by atoms with Crippen molar-refractivity contribution in [2.24, 2.45) is 7.05 Å². The lowest BCUT2D eigenvalue weighted by molar-refractivity contribution is -0.385. The van der Waals surface area contributed by atoms with Crippen molar-refractivity contribution in [3.05, 3.63) is 46.3 Å². The Bertz CT molecular complexity index is 853. The molecular weight excluding hydrogens is 312 g/mol. The highest BCUT2D eigenvalue weighted by molar-refractivity contribution is 6.00. The molecular formula is C15H14N6O3. The first-order valence-electron chi connectivity index (χ1n) is 7.24. The van der Waals surface area contributed by atoms with E-state index in [1.807, 2.05) is 0 Å². The van der Waals surface area contributed by atoms with Gasteiger partial charge in [-0.05, 0) is 18.6 Å². The molecule has 24 heavy (non-hydrogen) atoms. The Morgan fingerprint density at radius 3 is 2.92 bits per heavy atom. The van der Waals surface area contributed by atoms with Gasteiger partial charge in [0.05, 0.1) is 16.8 Å². The van der Waals surface area contributed by atoms with E-state index in [1.165, 1.54) is 18.2 Å². The van der Waals surface area contributed by atoms with Crippen LogP contribution >= 0.6 is 0 Å². The summed E-state index contributed by atoms with van der Waals surface area (Å²) >= 11 is 0.